The van der Waals surface area contributed by atoms with E-state index in [-0.39, 0.29) is 17.8 Å². The number of morpholine rings is 1. The first-order valence-corrected chi connectivity index (χ1v) is 8.55. The Kier molecular flexibility index (Phi) is 5.79. The van der Waals surface area contributed by atoms with Crippen molar-refractivity contribution in [1.29, 1.82) is 0 Å². The normalized spacial score (nSPS) is 16.4. The largest absolute Gasteiger partial charge is 0.379 e. The molecule has 0 bridgehead atoms. The molecule has 132 valence electrons. The number of rotatable bonds is 5. The molecular weight excluding hydrogens is 319 g/mol. The van der Waals surface area contributed by atoms with E-state index in [0.717, 1.165) is 24.2 Å². The van der Waals surface area contributed by atoms with E-state index in [1.54, 1.807) is 12.1 Å². The Morgan fingerprint density at radius 1 is 1.12 bits per heavy atom. The fourth-order valence-electron chi connectivity index (χ4n) is 3.03. The SMILES string of the molecule is Cc1ccc(C(=O)NC[C@@H](c2ccc(F)cc2)N2CCOCC2)cc1. The first kappa shape index (κ1) is 17.6. The minimum absolute atomic E-state index is 0.00102. The average Bonchev–Trinajstić information content (AvgIpc) is 2.64. The summed E-state index contributed by atoms with van der Waals surface area (Å²) in [6.45, 7) is 5.39. The highest BCUT2D eigenvalue weighted by Crippen LogP contribution is 2.22. The number of carbonyl (C=O) groups is 1. The Labute approximate surface area is 147 Å². The zero-order valence-corrected chi connectivity index (χ0v) is 14.4. The Balaban J connectivity index is 1.71. The van der Waals surface area contributed by atoms with Crippen LogP contribution in [0.4, 0.5) is 4.39 Å². The van der Waals surface area contributed by atoms with Crippen LogP contribution in [-0.2, 0) is 4.74 Å². The van der Waals surface area contributed by atoms with Crippen LogP contribution in [-0.4, -0.2) is 43.7 Å². The van der Waals surface area contributed by atoms with E-state index >= 15 is 0 Å². The van der Waals surface area contributed by atoms with Gasteiger partial charge in [0, 0.05) is 25.2 Å². The summed E-state index contributed by atoms with van der Waals surface area (Å²) >= 11 is 0. The number of halogens is 1. The maximum absolute atomic E-state index is 13.3. The summed E-state index contributed by atoms with van der Waals surface area (Å²) in [6.07, 6.45) is 0. The summed E-state index contributed by atoms with van der Waals surface area (Å²) in [5, 5.41) is 3.01. The van der Waals surface area contributed by atoms with Gasteiger partial charge in [0.05, 0.1) is 19.3 Å². The van der Waals surface area contributed by atoms with E-state index < -0.39 is 0 Å². The lowest BCUT2D eigenvalue weighted by Crippen LogP contribution is -2.43. The molecule has 5 heteroatoms. The number of ether oxygens (including phenoxy) is 1. The Bertz CT molecular complexity index is 695. The highest BCUT2D eigenvalue weighted by atomic mass is 19.1. The average molecular weight is 342 g/mol. The molecule has 2 aromatic carbocycles. The fourth-order valence-corrected chi connectivity index (χ4v) is 3.03. The molecule has 0 radical (unpaired) electrons. The summed E-state index contributed by atoms with van der Waals surface area (Å²) in [6, 6.07) is 14.0. The van der Waals surface area contributed by atoms with Crippen molar-refractivity contribution < 1.29 is 13.9 Å². The molecule has 1 fully saturated rings. The topological polar surface area (TPSA) is 41.6 Å². The summed E-state index contributed by atoms with van der Waals surface area (Å²) in [5.74, 6) is -0.353. The van der Waals surface area contributed by atoms with Crippen LogP contribution in [0.25, 0.3) is 0 Å². The quantitative estimate of drug-likeness (QED) is 0.908. The highest BCUT2D eigenvalue weighted by molar-refractivity contribution is 5.94. The van der Waals surface area contributed by atoms with E-state index in [4.69, 9.17) is 4.74 Å². The summed E-state index contributed by atoms with van der Waals surface area (Å²) < 4.78 is 18.7. The zero-order valence-electron chi connectivity index (χ0n) is 14.4. The predicted molar refractivity (Wildman–Crippen MR) is 95.0 cm³/mol. The molecule has 1 amide bonds. The number of hydrogen-bond donors (Lipinski definition) is 1. The molecule has 4 nitrogen and oxygen atoms in total. The van der Waals surface area contributed by atoms with Crippen LogP contribution in [0, 0.1) is 12.7 Å². The molecule has 1 saturated heterocycles. The second-order valence-corrected chi connectivity index (χ2v) is 6.29. The zero-order chi connectivity index (χ0) is 17.6. The second kappa shape index (κ2) is 8.23. The van der Waals surface area contributed by atoms with Gasteiger partial charge in [-0.05, 0) is 36.8 Å². The first-order valence-electron chi connectivity index (χ1n) is 8.55. The smallest absolute Gasteiger partial charge is 0.251 e. The van der Waals surface area contributed by atoms with Crippen molar-refractivity contribution in [3.8, 4) is 0 Å². The molecular formula is C20H23FN2O2. The molecule has 0 unspecified atom stereocenters. The summed E-state index contributed by atoms with van der Waals surface area (Å²) in [4.78, 5) is 14.7. The highest BCUT2D eigenvalue weighted by Gasteiger charge is 2.23. The Morgan fingerprint density at radius 3 is 2.40 bits per heavy atom. The Hall–Kier alpha value is -2.24. The lowest BCUT2D eigenvalue weighted by Gasteiger charge is -2.35. The number of amides is 1. The van der Waals surface area contributed by atoms with Crippen molar-refractivity contribution in [3.63, 3.8) is 0 Å². The molecule has 1 N–H and O–H groups in total. The van der Waals surface area contributed by atoms with E-state index in [2.05, 4.69) is 10.2 Å². The third-order valence-electron chi connectivity index (χ3n) is 4.51. The van der Waals surface area contributed by atoms with Gasteiger partial charge in [-0.3, -0.25) is 9.69 Å². The van der Waals surface area contributed by atoms with Gasteiger partial charge in [-0.2, -0.15) is 0 Å². The maximum Gasteiger partial charge on any atom is 0.251 e. The molecule has 2 aromatic rings. The molecule has 1 heterocycles. The molecule has 0 spiro atoms. The lowest BCUT2D eigenvalue weighted by atomic mass is 10.0. The van der Waals surface area contributed by atoms with Gasteiger partial charge in [0.15, 0.2) is 0 Å². The van der Waals surface area contributed by atoms with Crippen LogP contribution in [0.15, 0.2) is 48.5 Å². The van der Waals surface area contributed by atoms with Gasteiger partial charge < -0.3 is 10.1 Å². The number of benzene rings is 2. The number of hydrogen-bond acceptors (Lipinski definition) is 3. The van der Waals surface area contributed by atoms with Crippen LogP contribution >= 0.6 is 0 Å². The van der Waals surface area contributed by atoms with Gasteiger partial charge in [0.2, 0.25) is 0 Å². The maximum atomic E-state index is 13.3. The fraction of sp³-hybridized carbons (Fsp3) is 0.350. The number of aryl methyl sites for hydroxylation is 1. The molecule has 1 atom stereocenters. The van der Waals surface area contributed by atoms with Crippen molar-refractivity contribution in [1.82, 2.24) is 10.2 Å². The third-order valence-corrected chi connectivity index (χ3v) is 4.51. The standard InChI is InChI=1S/C20H23FN2O2/c1-15-2-4-17(5-3-15)20(24)22-14-19(23-10-12-25-13-11-23)16-6-8-18(21)9-7-16/h2-9,19H,10-14H2,1H3,(H,22,24)/t19-/m0/s1. The molecule has 3 rings (SSSR count). The minimum Gasteiger partial charge on any atom is -0.379 e. The molecule has 0 saturated carbocycles. The van der Waals surface area contributed by atoms with Crippen LogP contribution in [0.2, 0.25) is 0 Å². The third kappa shape index (κ3) is 4.65. The molecule has 1 aliphatic rings. The number of nitrogens with zero attached hydrogens (tertiary/aromatic N) is 1. The molecule has 0 aliphatic carbocycles. The van der Waals surface area contributed by atoms with Gasteiger partial charge in [-0.25, -0.2) is 4.39 Å². The van der Waals surface area contributed by atoms with E-state index in [1.807, 2.05) is 31.2 Å². The minimum atomic E-state index is -0.256. The number of carbonyl (C=O) groups excluding carboxylic acids is 1. The van der Waals surface area contributed by atoms with Crippen molar-refractivity contribution in [2.75, 3.05) is 32.8 Å². The van der Waals surface area contributed by atoms with Crippen LogP contribution in [0.5, 0.6) is 0 Å². The van der Waals surface area contributed by atoms with Crippen molar-refractivity contribution in [2.45, 2.75) is 13.0 Å². The molecule has 1 aliphatic heterocycles. The number of nitrogens with one attached hydrogen (secondary N) is 1. The second-order valence-electron chi connectivity index (χ2n) is 6.29. The van der Waals surface area contributed by atoms with Crippen LogP contribution < -0.4 is 5.32 Å². The van der Waals surface area contributed by atoms with Gasteiger partial charge in [-0.15, -0.1) is 0 Å². The van der Waals surface area contributed by atoms with Crippen molar-refractivity contribution in [2.24, 2.45) is 0 Å². The summed E-state index contributed by atoms with van der Waals surface area (Å²) in [7, 11) is 0. The van der Waals surface area contributed by atoms with E-state index in [9.17, 15) is 9.18 Å². The van der Waals surface area contributed by atoms with E-state index in [1.165, 1.54) is 12.1 Å². The van der Waals surface area contributed by atoms with Crippen LogP contribution in [0.1, 0.15) is 27.5 Å². The molecule has 25 heavy (non-hydrogen) atoms. The van der Waals surface area contributed by atoms with Gasteiger partial charge >= 0.3 is 0 Å². The first-order chi connectivity index (χ1) is 12.1. The summed E-state index contributed by atoms with van der Waals surface area (Å²) in [5.41, 5.74) is 2.76. The van der Waals surface area contributed by atoms with Gasteiger partial charge in [0.1, 0.15) is 5.82 Å². The lowest BCUT2D eigenvalue weighted by molar-refractivity contribution is 0.0162. The van der Waals surface area contributed by atoms with Gasteiger partial charge in [-0.1, -0.05) is 29.8 Å². The van der Waals surface area contributed by atoms with E-state index in [0.29, 0.717) is 25.3 Å². The van der Waals surface area contributed by atoms with Crippen LogP contribution in [0.3, 0.4) is 0 Å². The Morgan fingerprint density at radius 2 is 1.76 bits per heavy atom. The van der Waals surface area contributed by atoms with Crippen molar-refractivity contribution >= 4 is 5.91 Å². The van der Waals surface area contributed by atoms with Gasteiger partial charge in [0.25, 0.3) is 5.91 Å². The van der Waals surface area contributed by atoms with Crippen molar-refractivity contribution in [3.05, 3.63) is 71.0 Å². The monoisotopic (exact) mass is 342 g/mol. The predicted octanol–water partition coefficient (Wildman–Crippen LogP) is 2.94. The molecule has 0 aromatic heterocycles.